The van der Waals surface area contributed by atoms with Crippen LogP contribution in [0, 0.1) is 0 Å². The molecule has 0 aliphatic rings. The first-order valence-corrected chi connectivity index (χ1v) is 10.8. The molecule has 1 amide bonds. The molecule has 1 heterocycles. The van der Waals surface area contributed by atoms with Gasteiger partial charge < -0.3 is 14.6 Å². The van der Waals surface area contributed by atoms with E-state index in [1.165, 1.54) is 0 Å². The van der Waals surface area contributed by atoms with Gasteiger partial charge >= 0.3 is 0 Å². The van der Waals surface area contributed by atoms with Crippen LogP contribution in [-0.2, 0) is 11.3 Å². The molecule has 0 radical (unpaired) electrons. The van der Waals surface area contributed by atoms with Crippen molar-refractivity contribution >= 4 is 45.0 Å². The zero-order chi connectivity index (χ0) is 22.8. The van der Waals surface area contributed by atoms with Crippen LogP contribution < -0.4 is 15.5 Å². The van der Waals surface area contributed by atoms with Gasteiger partial charge in [-0.3, -0.25) is 9.59 Å². The number of rotatable bonds is 5. The standard InChI is InChI=1S/C27H19ClN2O3/c28-18-14-15-25(33-19-8-2-1-3-9-19)22(16-18)29-26(31)17-30-23-12-6-4-10-20(23)27(32)21-11-5-7-13-24(21)30/h1-16H,17H2,(H,29,31). The number of para-hydroxylation sites is 3. The molecule has 5 rings (SSSR count). The highest BCUT2D eigenvalue weighted by Crippen LogP contribution is 2.32. The van der Waals surface area contributed by atoms with Crippen molar-refractivity contribution in [2.24, 2.45) is 0 Å². The molecule has 0 unspecified atom stereocenters. The summed E-state index contributed by atoms with van der Waals surface area (Å²) in [5.41, 5.74) is 1.81. The van der Waals surface area contributed by atoms with Gasteiger partial charge in [-0.15, -0.1) is 0 Å². The SMILES string of the molecule is O=C(Cn1c2ccccc2c(=O)c2ccccc21)Nc1cc(Cl)ccc1Oc1ccccc1. The lowest BCUT2D eigenvalue weighted by molar-refractivity contribution is -0.116. The Balaban J connectivity index is 1.51. The third-order valence-corrected chi connectivity index (χ3v) is 5.60. The van der Waals surface area contributed by atoms with Gasteiger partial charge in [0, 0.05) is 15.8 Å². The van der Waals surface area contributed by atoms with E-state index >= 15 is 0 Å². The fourth-order valence-corrected chi connectivity index (χ4v) is 4.06. The molecule has 1 N–H and O–H groups in total. The summed E-state index contributed by atoms with van der Waals surface area (Å²) in [6.45, 7) is 0.0125. The zero-order valence-corrected chi connectivity index (χ0v) is 18.3. The smallest absolute Gasteiger partial charge is 0.244 e. The number of pyridine rings is 1. The maximum atomic E-state index is 13.2. The molecule has 0 aliphatic heterocycles. The van der Waals surface area contributed by atoms with Crippen molar-refractivity contribution in [3.63, 3.8) is 0 Å². The number of hydrogen-bond donors (Lipinski definition) is 1. The third kappa shape index (κ3) is 4.19. The van der Waals surface area contributed by atoms with Gasteiger partial charge in [0.1, 0.15) is 12.3 Å². The van der Waals surface area contributed by atoms with Crippen LogP contribution in [0.4, 0.5) is 5.69 Å². The van der Waals surface area contributed by atoms with E-state index in [1.54, 1.807) is 30.3 Å². The minimum Gasteiger partial charge on any atom is -0.455 e. The number of anilines is 1. The Hall–Kier alpha value is -4.09. The van der Waals surface area contributed by atoms with Crippen molar-refractivity contribution in [2.45, 2.75) is 6.54 Å². The van der Waals surface area contributed by atoms with Crippen LogP contribution in [0.15, 0.2) is 102 Å². The average Bonchev–Trinajstić information content (AvgIpc) is 2.84. The van der Waals surface area contributed by atoms with E-state index in [1.807, 2.05) is 71.3 Å². The van der Waals surface area contributed by atoms with Crippen molar-refractivity contribution in [3.05, 3.63) is 112 Å². The molecule has 5 aromatic rings. The van der Waals surface area contributed by atoms with E-state index in [2.05, 4.69) is 5.32 Å². The van der Waals surface area contributed by atoms with Crippen LogP contribution in [0.5, 0.6) is 11.5 Å². The second-order valence-electron chi connectivity index (χ2n) is 7.55. The molecule has 0 bridgehead atoms. The van der Waals surface area contributed by atoms with E-state index in [9.17, 15) is 9.59 Å². The van der Waals surface area contributed by atoms with Gasteiger partial charge in [-0.2, -0.15) is 0 Å². The Morgan fingerprint density at radius 1 is 0.818 bits per heavy atom. The van der Waals surface area contributed by atoms with Crippen LogP contribution >= 0.6 is 11.6 Å². The highest BCUT2D eigenvalue weighted by Gasteiger charge is 2.15. The Morgan fingerprint density at radius 2 is 1.42 bits per heavy atom. The topological polar surface area (TPSA) is 60.3 Å². The lowest BCUT2D eigenvalue weighted by atomic mass is 10.1. The molecule has 0 saturated heterocycles. The van der Waals surface area contributed by atoms with Crippen LogP contribution in [0.3, 0.4) is 0 Å². The predicted octanol–water partition coefficient (Wildman–Crippen LogP) is 6.24. The first-order chi connectivity index (χ1) is 16.1. The first kappa shape index (κ1) is 20.8. The summed E-state index contributed by atoms with van der Waals surface area (Å²) in [6, 6.07) is 29.0. The largest absolute Gasteiger partial charge is 0.455 e. The summed E-state index contributed by atoms with van der Waals surface area (Å²) in [5.74, 6) is 0.857. The number of ether oxygens (including phenoxy) is 1. The number of nitrogens with one attached hydrogen (secondary N) is 1. The lowest BCUT2D eigenvalue weighted by Gasteiger charge is -2.16. The molecule has 4 aromatic carbocycles. The second-order valence-corrected chi connectivity index (χ2v) is 7.99. The molecule has 162 valence electrons. The summed E-state index contributed by atoms with van der Waals surface area (Å²) in [4.78, 5) is 26.1. The average molecular weight is 455 g/mol. The van der Waals surface area contributed by atoms with Gasteiger partial charge in [-0.1, -0.05) is 54.1 Å². The van der Waals surface area contributed by atoms with E-state index in [0.29, 0.717) is 44.0 Å². The molecular weight excluding hydrogens is 436 g/mol. The molecule has 1 aromatic heterocycles. The number of halogens is 1. The predicted molar refractivity (Wildman–Crippen MR) is 132 cm³/mol. The number of amides is 1. The maximum Gasteiger partial charge on any atom is 0.244 e. The van der Waals surface area contributed by atoms with Crippen LogP contribution in [0.25, 0.3) is 21.8 Å². The maximum absolute atomic E-state index is 13.2. The molecule has 33 heavy (non-hydrogen) atoms. The van der Waals surface area contributed by atoms with E-state index in [0.717, 1.165) is 0 Å². The van der Waals surface area contributed by atoms with Gasteiger partial charge in [0.2, 0.25) is 5.91 Å². The fourth-order valence-electron chi connectivity index (χ4n) is 3.88. The highest BCUT2D eigenvalue weighted by molar-refractivity contribution is 6.31. The molecule has 0 saturated carbocycles. The number of aromatic nitrogens is 1. The van der Waals surface area contributed by atoms with Gasteiger partial charge in [0.25, 0.3) is 0 Å². The van der Waals surface area contributed by atoms with E-state index in [4.69, 9.17) is 16.3 Å². The molecule has 0 atom stereocenters. The number of hydrogen-bond acceptors (Lipinski definition) is 3. The van der Waals surface area contributed by atoms with E-state index in [-0.39, 0.29) is 17.9 Å². The summed E-state index contributed by atoms with van der Waals surface area (Å²) >= 11 is 6.19. The van der Waals surface area contributed by atoms with Gasteiger partial charge in [-0.25, -0.2) is 0 Å². The van der Waals surface area contributed by atoms with Crippen LogP contribution in [0.2, 0.25) is 5.02 Å². The Labute approximate surface area is 194 Å². The number of carbonyl (C=O) groups excluding carboxylic acids is 1. The zero-order valence-electron chi connectivity index (χ0n) is 17.5. The first-order valence-electron chi connectivity index (χ1n) is 10.4. The minimum absolute atomic E-state index is 0.0125. The van der Waals surface area contributed by atoms with Crippen LogP contribution in [-0.4, -0.2) is 10.5 Å². The summed E-state index contributed by atoms with van der Waals surface area (Å²) < 4.78 is 7.80. The highest BCUT2D eigenvalue weighted by atomic mass is 35.5. The Morgan fingerprint density at radius 3 is 2.09 bits per heavy atom. The van der Waals surface area contributed by atoms with Crippen molar-refractivity contribution in [1.29, 1.82) is 0 Å². The van der Waals surface area contributed by atoms with Gasteiger partial charge in [-0.05, 0) is 54.6 Å². The number of benzene rings is 4. The number of carbonyl (C=O) groups is 1. The second kappa shape index (κ2) is 8.81. The quantitative estimate of drug-likeness (QED) is 0.320. The minimum atomic E-state index is -0.269. The van der Waals surface area contributed by atoms with Crippen molar-refractivity contribution in [1.82, 2.24) is 4.57 Å². The summed E-state index contributed by atoms with van der Waals surface area (Å²) in [7, 11) is 0. The molecular formula is C27H19ClN2O3. The van der Waals surface area contributed by atoms with Gasteiger partial charge in [0.05, 0.1) is 16.7 Å². The molecule has 0 aliphatic carbocycles. The lowest BCUT2D eigenvalue weighted by Crippen LogP contribution is -2.21. The summed E-state index contributed by atoms with van der Waals surface area (Å²) in [6.07, 6.45) is 0. The Kier molecular flexibility index (Phi) is 5.55. The van der Waals surface area contributed by atoms with E-state index < -0.39 is 0 Å². The summed E-state index contributed by atoms with van der Waals surface area (Å²) in [5, 5.41) is 4.53. The Bertz CT molecular complexity index is 1480. The molecule has 6 heteroatoms. The molecule has 5 nitrogen and oxygen atoms in total. The fraction of sp³-hybridized carbons (Fsp3) is 0.0370. The molecule has 0 spiro atoms. The van der Waals surface area contributed by atoms with Crippen LogP contribution in [0.1, 0.15) is 0 Å². The van der Waals surface area contributed by atoms with Crippen molar-refractivity contribution in [2.75, 3.05) is 5.32 Å². The third-order valence-electron chi connectivity index (χ3n) is 5.37. The monoisotopic (exact) mass is 454 g/mol. The van der Waals surface area contributed by atoms with Crippen molar-refractivity contribution in [3.8, 4) is 11.5 Å². The van der Waals surface area contributed by atoms with Crippen molar-refractivity contribution < 1.29 is 9.53 Å². The number of nitrogens with zero attached hydrogens (tertiary/aromatic N) is 1. The van der Waals surface area contributed by atoms with Gasteiger partial charge in [0.15, 0.2) is 11.2 Å². The number of fused-ring (bicyclic) bond motifs is 2. The normalized spacial score (nSPS) is 10.9. The molecule has 0 fully saturated rings.